The van der Waals surface area contributed by atoms with Crippen molar-refractivity contribution in [1.29, 1.82) is 0 Å². The Hall–Kier alpha value is -1.52. The van der Waals surface area contributed by atoms with Crippen LogP contribution in [0.1, 0.15) is 5.76 Å². The minimum Gasteiger partial charge on any atom is -0.360 e. The van der Waals surface area contributed by atoms with Gasteiger partial charge < -0.3 is 15.2 Å². The van der Waals surface area contributed by atoms with Gasteiger partial charge >= 0.3 is 0 Å². The fourth-order valence-electron chi connectivity index (χ4n) is 1.02. The van der Waals surface area contributed by atoms with Crippen LogP contribution in [0.5, 0.6) is 0 Å². The smallest absolute Gasteiger partial charge is 0.191 e. The maximum Gasteiger partial charge on any atom is 0.191 e. The Morgan fingerprint density at radius 2 is 2.67 bits per heavy atom. The lowest BCUT2D eigenvalue weighted by molar-refractivity contribution is 0.380. The number of nitrogens with zero attached hydrogens (tertiary/aromatic N) is 2. The molecule has 0 unspecified atom stereocenters. The molecule has 0 amide bonds. The summed E-state index contributed by atoms with van der Waals surface area (Å²) in [6, 6.07) is 1.82. The Balaban J connectivity index is 1.82. The molecule has 2 N–H and O–H groups in total. The lowest BCUT2D eigenvalue weighted by atomic mass is 10.4. The highest BCUT2D eigenvalue weighted by atomic mass is 16.5. The van der Waals surface area contributed by atoms with E-state index in [2.05, 4.69) is 20.8 Å². The Morgan fingerprint density at radius 3 is 3.33 bits per heavy atom. The number of hydrogen-bond acceptors (Lipinski definition) is 5. The van der Waals surface area contributed by atoms with Gasteiger partial charge in [-0.1, -0.05) is 5.16 Å². The van der Waals surface area contributed by atoms with Crippen LogP contribution in [0.25, 0.3) is 0 Å². The van der Waals surface area contributed by atoms with Crippen molar-refractivity contribution in [2.24, 2.45) is 4.99 Å². The molecule has 5 nitrogen and oxygen atoms in total. The van der Waals surface area contributed by atoms with E-state index in [-0.39, 0.29) is 0 Å². The quantitative estimate of drug-likeness (QED) is 0.634. The van der Waals surface area contributed by atoms with Crippen LogP contribution in [0.15, 0.2) is 21.8 Å². The van der Waals surface area contributed by atoms with Crippen LogP contribution < -0.4 is 10.6 Å². The second-order valence-electron chi connectivity index (χ2n) is 2.49. The van der Waals surface area contributed by atoms with E-state index < -0.39 is 0 Å². The zero-order chi connectivity index (χ0) is 8.23. The first-order valence-corrected chi connectivity index (χ1v) is 3.87. The van der Waals surface area contributed by atoms with Crippen molar-refractivity contribution in [3.05, 3.63) is 18.0 Å². The molecule has 0 atom stereocenters. The number of guanidine groups is 1. The van der Waals surface area contributed by atoms with Crippen molar-refractivity contribution in [1.82, 2.24) is 15.8 Å². The molecule has 1 aromatic rings. The van der Waals surface area contributed by atoms with Crippen LogP contribution >= 0.6 is 0 Å². The molecule has 2 heterocycles. The first-order chi connectivity index (χ1) is 5.95. The summed E-state index contributed by atoms with van der Waals surface area (Å²) in [6.45, 7) is 2.39. The summed E-state index contributed by atoms with van der Waals surface area (Å²) < 4.78 is 4.90. The molecule has 0 fully saturated rings. The minimum atomic E-state index is 0.631. The maximum atomic E-state index is 4.90. The average Bonchev–Trinajstić information content (AvgIpc) is 2.74. The highest BCUT2D eigenvalue weighted by Crippen LogP contribution is 1.95. The summed E-state index contributed by atoms with van der Waals surface area (Å²) in [6.07, 6.45) is 1.63. The van der Waals surface area contributed by atoms with Gasteiger partial charge in [0, 0.05) is 12.6 Å². The number of hydrogen-bond donors (Lipinski definition) is 2. The molecule has 0 saturated heterocycles. The molecule has 0 aliphatic carbocycles. The zero-order valence-corrected chi connectivity index (χ0v) is 6.58. The van der Waals surface area contributed by atoms with Gasteiger partial charge in [-0.25, -0.2) is 0 Å². The summed E-state index contributed by atoms with van der Waals surface area (Å²) in [4.78, 5) is 4.17. The van der Waals surface area contributed by atoms with Crippen molar-refractivity contribution < 1.29 is 4.52 Å². The Kier molecular flexibility index (Phi) is 1.94. The first-order valence-electron chi connectivity index (χ1n) is 3.87. The van der Waals surface area contributed by atoms with Crippen molar-refractivity contribution in [2.75, 3.05) is 13.1 Å². The monoisotopic (exact) mass is 166 g/mol. The van der Waals surface area contributed by atoms with Gasteiger partial charge in [0.1, 0.15) is 0 Å². The van der Waals surface area contributed by atoms with E-state index >= 15 is 0 Å². The van der Waals surface area contributed by atoms with E-state index in [1.165, 1.54) is 0 Å². The fourth-order valence-corrected chi connectivity index (χ4v) is 1.02. The summed E-state index contributed by atoms with van der Waals surface area (Å²) in [5, 5.41) is 9.78. The Morgan fingerprint density at radius 1 is 1.67 bits per heavy atom. The molecule has 0 spiro atoms. The average molecular weight is 166 g/mol. The molecule has 1 aliphatic rings. The van der Waals surface area contributed by atoms with E-state index in [0.717, 1.165) is 24.8 Å². The number of rotatable bonds is 2. The molecule has 1 aliphatic heterocycles. The number of aromatic nitrogens is 1. The largest absolute Gasteiger partial charge is 0.360 e. The second-order valence-corrected chi connectivity index (χ2v) is 2.49. The Bertz CT molecular complexity index is 267. The minimum absolute atomic E-state index is 0.631. The molecule has 2 rings (SSSR count). The van der Waals surface area contributed by atoms with Crippen LogP contribution in [0.2, 0.25) is 0 Å². The number of aliphatic imine (C=N–C) groups is 1. The molecular formula is C7H10N4O. The normalized spacial score (nSPS) is 15.5. The van der Waals surface area contributed by atoms with Gasteiger partial charge in [-0.3, -0.25) is 4.99 Å². The van der Waals surface area contributed by atoms with Crippen LogP contribution in [-0.4, -0.2) is 24.2 Å². The van der Waals surface area contributed by atoms with E-state index in [4.69, 9.17) is 4.52 Å². The van der Waals surface area contributed by atoms with Crippen molar-refractivity contribution in [2.45, 2.75) is 6.54 Å². The van der Waals surface area contributed by atoms with Crippen LogP contribution in [-0.2, 0) is 6.54 Å². The van der Waals surface area contributed by atoms with E-state index in [1.807, 2.05) is 6.07 Å². The standard InChI is InChI=1S/C7H10N4O/c1-2-11-12-6(1)5-10-7-8-3-4-9-7/h1-2H,3-5H2,(H2,8,9,10). The lowest BCUT2D eigenvalue weighted by Crippen LogP contribution is -2.33. The third-order valence-electron chi connectivity index (χ3n) is 1.60. The highest BCUT2D eigenvalue weighted by molar-refractivity contribution is 5.81. The van der Waals surface area contributed by atoms with E-state index in [1.54, 1.807) is 6.20 Å². The maximum absolute atomic E-state index is 4.90. The number of nitrogens with one attached hydrogen (secondary N) is 2. The van der Waals surface area contributed by atoms with Crippen LogP contribution in [0, 0.1) is 0 Å². The molecule has 64 valence electrons. The first kappa shape index (κ1) is 7.15. The molecule has 0 bridgehead atoms. The third kappa shape index (κ3) is 1.55. The second kappa shape index (κ2) is 3.25. The molecule has 5 heteroatoms. The SMILES string of the molecule is c1cc(CNC2=NCCN2)on1. The van der Waals surface area contributed by atoms with E-state index in [0.29, 0.717) is 6.54 Å². The van der Waals surface area contributed by atoms with Crippen LogP contribution in [0.4, 0.5) is 0 Å². The summed E-state index contributed by atoms with van der Waals surface area (Å²) >= 11 is 0. The lowest BCUT2D eigenvalue weighted by Gasteiger charge is -2.02. The third-order valence-corrected chi connectivity index (χ3v) is 1.60. The summed E-state index contributed by atoms with van der Waals surface area (Å²) in [5.41, 5.74) is 0. The van der Waals surface area contributed by atoms with Crippen molar-refractivity contribution in [3.8, 4) is 0 Å². The van der Waals surface area contributed by atoms with Gasteiger partial charge in [-0.15, -0.1) is 0 Å². The van der Waals surface area contributed by atoms with Crippen molar-refractivity contribution in [3.63, 3.8) is 0 Å². The van der Waals surface area contributed by atoms with Gasteiger partial charge in [0.25, 0.3) is 0 Å². The predicted molar refractivity (Wildman–Crippen MR) is 43.6 cm³/mol. The van der Waals surface area contributed by atoms with Gasteiger partial charge in [0.15, 0.2) is 11.7 Å². The predicted octanol–water partition coefficient (Wildman–Crippen LogP) is -0.277. The summed E-state index contributed by atoms with van der Waals surface area (Å²) in [5.74, 6) is 1.65. The molecule has 12 heavy (non-hydrogen) atoms. The van der Waals surface area contributed by atoms with Crippen molar-refractivity contribution >= 4 is 5.96 Å². The molecule has 0 aromatic carbocycles. The summed E-state index contributed by atoms with van der Waals surface area (Å²) in [7, 11) is 0. The highest BCUT2D eigenvalue weighted by Gasteiger charge is 2.04. The van der Waals surface area contributed by atoms with E-state index in [9.17, 15) is 0 Å². The molecule has 0 radical (unpaired) electrons. The van der Waals surface area contributed by atoms with Gasteiger partial charge in [0.05, 0.1) is 19.3 Å². The zero-order valence-electron chi connectivity index (χ0n) is 6.58. The molecular weight excluding hydrogens is 156 g/mol. The Labute approximate surface area is 69.8 Å². The topological polar surface area (TPSA) is 62.5 Å². The van der Waals surface area contributed by atoms with Gasteiger partial charge in [0.2, 0.25) is 0 Å². The molecule has 0 saturated carbocycles. The van der Waals surface area contributed by atoms with Crippen LogP contribution in [0.3, 0.4) is 0 Å². The molecule has 1 aromatic heterocycles. The fraction of sp³-hybridized carbons (Fsp3) is 0.429. The van der Waals surface area contributed by atoms with Gasteiger partial charge in [-0.05, 0) is 0 Å². The van der Waals surface area contributed by atoms with Gasteiger partial charge in [-0.2, -0.15) is 0 Å².